The van der Waals surface area contributed by atoms with E-state index in [4.69, 9.17) is 0 Å². The van der Waals surface area contributed by atoms with Crippen molar-refractivity contribution in [1.82, 2.24) is 0 Å². The second-order valence-electron chi connectivity index (χ2n) is 4.29. The second kappa shape index (κ2) is 5.61. The maximum Gasteiger partial charge on any atom is 0.127 e. The number of benzene rings is 2. The van der Waals surface area contributed by atoms with Gasteiger partial charge < -0.3 is 0 Å². The van der Waals surface area contributed by atoms with Gasteiger partial charge >= 0.3 is 0 Å². The number of alkyl halides is 1. The molecule has 0 aliphatic rings. The Bertz CT molecular complexity index is 552. The Kier molecular flexibility index (Phi) is 4.12. The molecule has 1 atom stereocenters. The van der Waals surface area contributed by atoms with Crippen LogP contribution < -0.4 is 0 Å². The molecule has 0 radical (unpaired) electrons. The van der Waals surface area contributed by atoms with E-state index < -0.39 is 0 Å². The molecule has 2 rings (SSSR count). The summed E-state index contributed by atoms with van der Waals surface area (Å²) in [7, 11) is 0. The predicted octanol–water partition coefficient (Wildman–Crippen LogP) is 4.95. The minimum absolute atomic E-state index is 0.227. The molecule has 0 N–H and O–H groups in total. The minimum Gasteiger partial charge on any atom is -0.207 e. The van der Waals surface area contributed by atoms with E-state index in [2.05, 4.69) is 15.9 Å². The smallest absolute Gasteiger partial charge is 0.127 e. The zero-order valence-corrected chi connectivity index (χ0v) is 11.5. The summed E-state index contributed by atoms with van der Waals surface area (Å²) < 4.78 is 27.3. The molecule has 0 bridgehead atoms. The van der Waals surface area contributed by atoms with Gasteiger partial charge in [-0.05, 0) is 36.6 Å². The number of aryl methyl sites for hydroxylation is 1. The third-order valence-electron chi connectivity index (χ3n) is 2.85. The Morgan fingerprint density at radius 1 is 1.06 bits per heavy atom. The molecule has 0 fully saturated rings. The molecule has 2 aromatic rings. The van der Waals surface area contributed by atoms with Crippen molar-refractivity contribution in [3.8, 4) is 0 Å². The van der Waals surface area contributed by atoms with Gasteiger partial charge in [0.2, 0.25) is 0 Å². The summed E-state index contributed by atoms with van der Waals surface area (Å²) in [6.45, 7) is 1.84. The largest absolute Gasteiger partial charge is 0.207 e. The molecule has 0 spiro atoms. The Morgan fingerprint density at radius 2 is 1.78 bits per heavy atom. The van der Waals surface area contributed by atoms with Gasteiger partial charge in [0.1, 0.15) is 11.6 Å². The predicted molar refractivity (Wildman–Crippen MR) is 72.9 cm³/mol. The quantitative estimate of drug-likeness (QED) is 0.703. The molecular formula is C15H13BrF2. The van der Waals surface area contributed by atoms with Crippen LogP contribution in [0, 0.1) is 18.6 Å². The highest BCUT2D eigenvalue weighted by Gasteiger charge is 2.15. The topological polar surface area (TPSA) is 0 Å². The summed E-state index contributed by atoms with van der Waals surface area (Å²) in [5.74, 6) is -0.511. The van der Waals surface area contributed by atoms with Crippen LogP contribution in [0.25, 0.3) is 0 Å². The molecule has 0 saturated carbocycles. The van der Waals surface area contributed by atoms with E-state index in [-0.39, 0.29) is 16.5 Å². The third-order valence-corrected chi connectivity index (χ3v) is 3.67. The molecule has 0 aromatic heterocycles. The fraction of sp³-hybridized carbons (Fsp3) is 0.200. The van der Waals surface area contributed by atoms with E-state index in [1.54, 1.807) is 24.3 Å². The Morgan fingerprint density at radius 3 is 2.44 bits per heavy atom. The fourth-order valence-corrected chi connectivity index (χ4v) is 2.57. The lowest BCUT2D eigenvalue weighted by atomic mass is 10.0. The molecule has 0 nitrogen and oxygen atoms in total. The van der Waals surface area contributed by atoms with E-state index in [1.165, 1.54) is 12.1 Å². The van der Waals surface area contributed by atoms with Crippen LogP contribution in [0.4, 0.5) is 8.78 Å². The highest BCUT2D eigenvalue weighted by molar-refractivity contribution is 9.09. The van der Waals surface area contributed by atoms with Crippen LogP contribution in [0.2, 0.25) is 0 Å². The molecular weight excluding hydrogens is 298 g/mol. The van der Waals surface area contributed by atoms with Crippen LogP contribution in [0.1, 0.15) is 21.5 Å². The summed E-state index contributed by atoms with van der Waals surface area (Å²) >= 11 is 3.43. The van der Waals surface area contributed by atoms with Crippen molar-refractivity contribution in [3.63, 3.8) is 0 Å². The lowest BCUT2D eigenvalue weighted by Gasteiger charge is -2.12. The molecule has 0 aliphatic heterocycles. The summed E-state index contributed by atoms with van der Waals surface area (Å²) in [5.41, 5.74) is 2.02. The summed E-state index contributed by atoms with van der Waals surface area (Å²) in [4.78, 5) is -0.227. The van der Waals surface area contributed by atoms with Gasteiger partial charge in [-0.2, -0.15) is 0 Å². The van der Waals surface area contributed by atoms with Crippen molar-refractivity contribution in [1.29, 1.82) is 0 Å². The van der Waals surface area contributed by atoms with Gasteiger partial charge in [0.25, 0.3) is 0 Å². The van der Waals surface area contributed by atoms with Crippen molar-refractivity contribution >= 4 is 15.9 Å². The highest BCUT2D eigenvalue weighted by Crippen LogP contribution is 2.30. The van der Waals surface area contributed by atoms with Crippen molar-refractivity contribution in [3.05, 3.63) is 70.8 Å². The maximum absolute atomic E-state index is 13.8. The van der Waals surface area contributed by atoms with Crippen LogP contribution in [-0.4, -0.2) is 0 Å². The van der Waals surface area contributed by atoms with Gasteiger partial charge in [-0.15, -0.1) is 0 Å². The summed E-state index contributed by atoms with van der Waals surface area (Å²) in [5, 5.41) is 0. The summed E-state index contributed by atoms with van der Waals surface area (Å²) in [6.07, 6.45) is 0.423. The molecule has 18 heavy (non-hydrogen) atoms. The first-order valence-corrected chi connectivity index (χ1v) is 6.63. The van der Waals surface area contributed by atoms with Gasteiger partial charge in [-0.3, -0.25) is 0 Å². The van der Waals surface area contributed by atoms with Crippen LogP contribution >= 0.6 is 15.9 Å². The van der Waals surface area contributed by atoms with Crippen molar-refractivity contribution in [2.75, 3.05) is 0 Å². The number of rotatable bonds is 3. The van der Waals surface area contributed by atoms with Gasteiger partial charge in [-0.25, -0.2) is 8.78 Å². The van der Waals surface area contributed by atoms with Gasteiger partial charge in [-0.1, -0.05) is 46.3 Å². The van der Waals surface area contributed by atoms with Gasteiger partial charge in [0.05, 0.1) is 0 Å². The van der Waals surface area contributed by atoms with E-state index >= 15 is 0 Å². The number of halogens is 3. The second-order valence-corrected chi connectivity index (χ2v) is 5.39. The van der Waals surface area contributed by atoms with Crippen molar-refractivity contribution < 1.29 is 8.78 Å². The average Bonchev–Trinajstić information content (AvgIpc) is 2.32. The van der Waals surface area contributed by atoms with Gasteiger partial charge in [0.15, 0.2) is 0 Å². The Balaban J connectivity index is 2.22. The molecule has 3 heteroatoms. The molecule has 0 saturated heterocycles. The van der Waals surface area contributed by atoms with E-state index in [1.807, 2.05) is 13.0 Å². The lowest BCUT2D eigenvalue weighted by molar-refractivity contribution is 0.594. The maximum atomic E-state index is 13.8. The third kappa shape index (κ3) is 2.96. The van der Waals surface area contributed by atoms with E-state index in [0.29, 0.717) is 17.5 Å². The van der Waals surface area contributed by atoms with Crippen LogP contribution in [0.15, 0.2) is 42.5 Å². The number of hydrogen-bond donors (Lipinski definition) is 0. The molecule has 1 unspecified atom stereocenters. The normalized spacial score (nSPS) is 12.4. The average molecular weight is 311 g/mol. The van der Waals surface area contributed by atoms with Crippen molar-refractivity contribution in [2.24, 2.45) is 0 Å². The standard InChI is InChI=1S/C15H13BrF2/c1-10-6-7-12(15(18)8-10)13(16)9-11-4-2-3-5-14(11)17/h2-8,13H,9H2,1H3. The molecule has 2 aromatic carbocycles. The number of hydrogen-bond acceptors (Lipinski definition) is 0. The van der Waals surface area contributed by atoms with Crippen LogP contribution in [-0.2, 0) is 6.42 Å². The van der Waals surface area contributed by atoms with Gasteiger partial charge in [0, 0.05) is 10.4 Å². The molecule has 0 aliphatic carbocycles. The van der Waals surface area contributed by atoms with Crippen LogP contribution in [0.3, 0.4) is 0 Å². The fourth-order valence-electron chi connectivity index (χ4n) is 1.85. The lowest BCUT2D eigenvalue weighted by Crippen LogP contribution is -2.00. The SMILES string of the molecule is Cc1ccc(C(Br)Cc2ccccc2F)c(F)c1. The molecule has 0 amide bonds. The Labute approximate surface area is 114 Å². The highest BCUT2D eigenvalue weighted by atomic mass is 79.9. The Hall–Kier alpha value is -1.22. The van der Waals surface area contributed by atoms with E-state index in [9.17, 15) is 8.78 Å². The molecule has 94 valence electrons. The zero-order chi connectivity index (χ0) is 13.1. The molecule has 0 heterocycles. The summed E-state index contributed by atoms with van der Waals surface area (Å²) in [6, 6.07) is 11.7. The monoisotopic (exact) mass is 310 g/mol. The first-order valence-electron chi connectivity index (χ1n) is 5.71. The zero-order valence-electron chi connectivity index (χ0n) is 9.96. The van der Waals surface area contributed by atoms with Crippen LogP contribution in [0.5, 0.6) is 0 Å². The van der Waals surface area contributed by atoms with E-state index in [0.717, 1.165) is 5.56 Å². The minimum atomic E-state index is -0.256. The first kappa shape index (κ1) is 13.2. The van der Waals surface area contributed by atoms with Crippen molar-refractivity contribution in [2.45, 2.75) is 18.2 Å². The first-order chi connectivity index (χ1) is 8.58.